The number of amidine groups is 2. The van der Waals surface area contributed by atoms with Gasteiger partial charge in [-0.05, 0) is 126 Å². The maximum Gasteiger partial charge on any atom is 1.00 e. The molecule has 25 nitrogen and oxygen atoms in total. The van der Waals surface area contributed by atoms with E-state index in [0.717, 1.165) is 5.52 Å². The summed E-state index contributed by atoms with van der Waals surface area (Å²) in [5.74, 6) is -2.95. The van der Waals surface area contributed by atoms with Crippen molar-refractivity contribution in [2.45, 2.75) is 111 Å². The van der Waals surface area contributed by atoms with Crippen molar-refractivity contribution in [3.05, 3.63) is 133 Å². The fourth-order valence-corrected chi connectivity index (χ4v) is 8.20. The largest absolute Gasteiger partial charge is 1.00 e. The number of anilines is 3. The van der Waals surface area contributed by atoms with Gasteiger partial charge in [0.2, 0.25) is 20.7 Å². The minimum absolute atomic E-state index is 0. The first-order valence-corrected chi connectivity index (χ1v) is 29.2. The maximum atomic E-state index is 11.5. The van der Waals surface area contributed by atoms with Gasteiger partial charge in [-0.1, -0.05) is 60.2 Å². The molecule has 0 amide bonds. The molecular formula is C51H73Cl4FKN13O12S7. The van der Waals surface area contributed by atoms with Crippen molar-refractivity contribution in [2.75, 3.05) is 23.5 Å². The molecule has 0 bridgehead atoms. The maximum absolute atomic E-state index is 11.5. The normalized spacial score (nSPS) is 14.2. The first-order valence-electron chi connectivity index (χ1n) is 23.4. The second-order valence-electron chi connectivity index (χ2n) is 17.1. The second-order valence-corrected chi connectivity index (χ2v) is 26.2. The SMILES string of the molecule is C.C.C.C.CC(=S)[S-].CC(C)(S)C(N)C(=O)O.CC1(C)SC(Nc2ccc[nH]c2=O)=NC1C(=O)O.CC1(C)SC(Nc2ccc[nH]c2=O)=NC1C(=O)O.Cl.Clc1nc2cccnc2o1.Nc1ccc[nH]c1=O.O=S(Cl)Cl.S=c1[nH]c2cccnc2o1.[2H]CF.[K+]. The number of carboxylic acid groups (broad SMARTS) is 3. The van der Waals surface area contributed by atoms with Crippen LogP contribution >= 0.6 is 106 Å². The Morgan fingerprint density at radius 2 is 1.20 bits per heavy atom. The number of thioether (sulfide) groups is 2. The van der Waals surface area contributed by atoms with E-state index in [2.05, 4.69) is 114 Å². The first-order chi connectivity index (χ1) is 39.1. The van der Waals surface area contributed by atoms with Crippen LogP contribution in [0.15, 0.2) is 125 Å². The zero-order valence-corrected chi connectivity index (χ0v) is 57.8. The molecule has 38 heteroatoms. The number of hydrogen-bond donors (Lipinski definition) is 12. The van der Waals surface area contributed by atoms with E-state index in [-0.39, 0.29) is 121 Å². The zero-order valence-electron chi connectivity index (χ0n) is 46.8. The van der Waals surface area contributed by atoms with Gasteiger partial charge >= 0.3 is 69.3 Å². The number of thiocarbonyl (C=S) groups is 1. The van der Waals surface area contributed by atoms with Crippen LogP contribution in [0.5, 0.6) is 0 Å². The molecule has 3 unspecified atom stereocenters. The van der Waals surface area contributed by atoms with Gasteiger partial charge in [0.1, 0.15) is 28.5 Å². The summed E-state index contributed by atoms with van der Waals surface area (Å²) in [4.78, 5) is 96.3. The van der Waals surface area contributed by atoms with Crippen LogP contribution in [-0.4, -0.2) is 126 Å². The summed E-state index contributed by atoms with van der Waals surface area (Å²) in [5.41, 5.74) is 13.2. The summed E-state index contributed by atoms with van der Waals surface area (Å²) in [7, 11) is 6.36. The van der Waals surface area contributed by atoms with E-state index in [0.29, 0.717) is 47.7 Å². The van der Waals surface area contributed by atoms with Gasteiger partial charge in [-0.2, -0.15) is 21.8 Å². The van der Waals surface area contributed by atoms with Crippen molar-refractivity contribution in [2.24, 2.45) is 15.7 Å². The van der Waals surface area contributed by atoms with Gasteiger partial charge in [0.05, 0.1) is 23.7 Å². The molecule has 89 heavy (non-hydrogen) atoms. The number of nitrogens with two attached hydrogens (primary N) is 2. The average molecular weight is 1490 g/mol. The number of carbonyl (C=O) groups is 3. The molecule has 0 radical (unpaired) electrons. The number of oxazole rings is 2. The molecule has 0 saturated carbocycles. The Labute approximate surface area is 610 Å². The topological polar surface area (TPSA) is 409 Å². The molecular weight excluding hydrogens is 1410 g/mol. The van der Waals surface area contributed by atoms with Crippen molar-refractivity contribution in [1.29, 1.82) is 0 Å². The molecule has 0 spiro atoms. The number of alkyl halides is 1. The summed E-state index contributed by atoms with van der Waals surface area (Å²) in [6, 6.07) is 14.6. The van der Waals surface area contributed by atoms with E-state index >= 15 is 0 Å². The molecule has 2 aliphatic heterocycles. The Kier molecular flexibility index (Phi) is 49.9. The number of aliphatic carboxylic acids is 3. The van der Waals surface area contributed by atoms with E-state index in [1.54, 1.807) is 87.9 Å². The number of aliphatic imine (C=N–C) groups is 2. The number of aromatic nitrogens is 7. The molecule has 9 rings (SSSR count). The Morgan fingerprint density at radius 3 is 1.51 bits per heavy atom. The van der Waals surface area contributed by atoms with Gasteiger partial charge < -0.3 is 91.0 Å². The molecule has 0 fully saturated rings. The zero-order chi connectivity index (χ0) is 64.1. The summed E-state index contributed by atoms with van der Waals surface area (Å²) < 4.78 is 33.4. The molecule has 0 aromatic carbocycles. The van der Waals surface area contributed by atoms with Crippen molar-refractivity contribution < 1.29 is 99.9 Å². The van der Waals surface area contributed by atoms with Gasteiger partial charge in [-0.25, -0.2) is 33.8 Å². The fraction of sp³-hybridized carbons (Fsp3) is 0.353. The number of carboxylic acids is 3. The minimum Gasteiger partial charge on any atom is -0.480 e. The summed E-state index contributed by atoms with van der Waals surface area (Å²) >= 11 is 25.5. The van der Waals surface area contributed by atoms with Gasteiger partial charge in [0.25, 0.3) is 26.9 Å². The van der Waals surface area contributed by atoms with E-state index in [1.165, 1.54) is 35.9 Å². The molecule has 0 aliphatic carbocycles. The standard InChI is InChI=1S/2C11H13N3O3S.C6H3ClN2O.C6H4N2OS.C5H6N2O.C5H11NO2S.C2H4S2.CH3F.4CH4.Cl2OS.ClH.K/c2*1-11(2)7(9(16)17)14-10(18-11)13-6-4-3-5-12-8(6)15;7-6-9-4-2-1-3-8-5(4)10-6;10-6-8-4-2-1-3-7-5(4)9-6;6-4-2-1-3-7-5(4)8;1-5(2,9)3(6)4(7)8;1-2(3)4;1-2;;;;;1-4(2)3;;/h2*3-5,7H,1-2H3,(H,12,15)(H,13,14)(H,16,17);1-3H;1-3H,(H,8,10);1-3H,6H2,(H,7,8);3,9H,6H2,1-2H3,(H,7,8);1H3,(H,3,4);1H3;4*1H4;;1H;/q;;;;;;;;;;;;;;+1/p-1/i;;;;;;;1D;;;;;;;. The monoisotopic (exact) mass is 1480 g/mol. The Bertz CT molecular complexity index is 3430. The molecule has 2 aliphatic rings. The Hall–Kier alpha value is -4.34. The van der Waals surface area contributed by atoms with E-state index in [1.807, 2.05) is 39.8 Å². The number of fused-ring (bicyclic) bond motifs is 2. The summed E-state index contributed by atoms with van der Waals surface area (Å²) in [6.45, 7) is 12.3. The number of halogens is 5. The minimum atomic E-state index is -1.67. The van der Waals surface area contributed by atoms with Crippen molar-refractivity contribution in [3.63, 3.8) is 0 Å². The molecule has 3 atom stereocenters. The number of hydrogen-bond acceptors (Lipinski definition) is 24. The predicted molar refractivity (Wildman–Crippen MR) is 375 cm³/mol. The van der Waals surface area contributed by atoms with Crippen molar-refractivity contribution >= 4 is 200 Å². The van der Waals surface area contributed by atoms with Crippen LogP contribution < -0.4 is 90.2 Å². The summed E-state index contributed by atoms with van der Waals surface area (Å²) in [5, 5.41) is 33.2. The molecule has 0 saturated heterocycles. The van der Waals surface area contributed by atoms with Crippen LogP contribution in [0.1, 0.15) is 79.5 Å². The first kappa shape index (κ1) is 93.4. The Balaban J connectivity index is -0.000000229. The average Bonchev–Trinajstić information content (AvgIpc) is 4.37. The van der Waals surface area contributed by atoms with Crippen molar-refractivity contribution in [1.82, 2.24) is 34.9 Å². The number of aromatic amines is 4. The number of rotatable bonds is 6. The molecule has 492 valence electrons. The third-order valence-corrected chi connectivity index (χ3v) is 12.3. The molecule has 13 N–H and O–H groups in total. The van der Waals surface area contributed by atoms with Gasteiger partial charge in [-0.15, -0.1) is 12.4 Å². The van der Waals surface area contributed by atoms with E-state index in [9.17, 15) is 33.2 Å². The number of H-pyrrole nitrogens is 4. The van der Waals surface area contributed by atoms with Crippen LogP contribution in [0.3, 0.4) is 0 Å². The number of nitrogens with one attached hydrogen (secondary N) is 6. The van der Waals surface area contributed by atoms with Gasteiger partial charge in [0, 0.05) is 57.1 Å². The molecule has 7 aromatic heterocycles. The summed E-state index contributed by atoms with van der Waals surface area (Å²) in [6.07, 6.45) is 7.89. The van der Waals surface area contributed by atoms with Crippen LogP contribution in [0.2, 0.25) is 5.35 Å². The third kappa shape index (κ3) is 37.1. The van der Waals surface area contributed by atoms with E-state index in [4.69, 9.17) is 65.0 Å². The third-order valence-electron chi connectivity index (χ3n) is 9.33. The number of thiol groups is 1. The predicted octanol–water partition coefficient (Wildman–Crippen LogP) is 8.55. The van der Waals surface area contributed by atoms with Gasteiger partial charge in [0.15, 0.2) is 22.4 Å². The fourth-order valence-electron chi connectivity index (χ4n) is 5.57. The van der Waals surface area contributed by atoms with Crippen LogP contribution in [0, 0.1) is 4.84 Å². The van der Waals surface area contributed by atoms with Crippen LogP contribution in [0.25, 0.3) is 22.5 Å². The quantitative estimate of drug-likeness (QED) is 0.0244. The molecule has 9 heterocycles. The smallest absolute Gasteiger partial charge is 0.480 e. The number of nitrogen functional groups attached to an aromatic ring is 1. The van der Waals surface area contributed by atoms with Gasteiger partial charge in [-0.3, -0.25) is 23.6 Å². The van der Waals surface area contributed by atoms with Crippen LogP contribution in [-0.2, 0) is 36.2 Å². The van der Waals surface area contributed by atoms with Crippen molar-refractivity contribution in [3.8, 4) is 0 Å². The second kappa shape index (κ2) is 47.5. The van der Waals surface area contributed by atoms with Crippen LogP contribution in [0.4, 0.5) is 21.5 Å². The van der Waals surface area contributed by atoms with E-state index < -0.39 is 66.7 Å². The number of pyridine rings is 5. The molecule has 7 aromatic rings. The number of nitrogens with zero attached hydrogens (tertiary/aromatic N) is 5. The Morgan fingerprint density at radius 1 is 0.820 bits per heavy atom.